The van der Waals surface area contributed by atoms with Crippen molar-refractivity contribution in [3.8, 4) is 0 Å². The van der Waals surface area contributed by atoms with E-state index in [2.05, 4.69) is 4.74 Å². The minimum absolute atomic E-state index is 0.0403. The van der Waals surface area contributed by atoms with Crippen LogP contribution in [0.2, 0.25) is 5.02 Å². The highest BCUT2D eigenvalue weighted by molar-refractivity contribution is 6.31. The van der Waals surface area contributed by atoms with E-state index in [-0.39, 0.29) is 11.6 Å². The smallest absolute Gasteiger partial charge is 0.341 e. The third-order valence-electron chi connectivity index (χ3n) is 1.71. The maximum absolute atomic E-state index is 13.5. The molecule has 1 aromatic carbocycles. The zero-order valence-corrected chi connectivity index (χ0v) is 8.95. The molecule has 1 rings (SSSR count). The van der Waals surface area contributed by atoms with Crippen molar-refractivity contribution in [2.75, 3.05) is 6.61 Å². The van der Waals surface area contributed by atoms with Crippen molar-refractivity contribution in [1.29, 1.82) is 0 Å². The third kappa shape index (κ3) is 2.46. The van der Waals surface area contributed by atoms with Gasteiger partial charge < -0.3 is 4.74 Å². The molecule has 0 aliphatic heterocycles. The summed E-state index contributed by atoms with van der Waals surface area (Å²) in [5.74, 6) is -2.22. The highest BCUT2D eigenvalue weighted by Gasteiger charge is 2.24. The van der Waals surface area contributed by atoms with Gasteiger partial charge >= 0.3 is 11.7 Å². The van der Waals surface area contributed by atoms with Crippen molar-refractivity contribution < 1.29 is 18.8 Å². The van der Waals surface area contributed by atoms with Gasteiger partial charge in [0.1, 0.15) is 5.56 Å². The summed E-state index contributed by atoms with van der Waals surface area (Å²) >= 11 is 5.53. The molecule has 0 saturated carbocycles. The molecule has 5 nitrogen and oxygen atoms in total. The van der Waals surface area contributed by atoms with Crippen molar-refractivity contribution in [3.05, 3.63) is 38.7 Å². The molecule has 0 spiro atoms. The fraction of sp³-hybridized carbons (Fsp3) is 0.222. The molecule has 0 aliphatic rings. The number of nitro groups is 1. The Balaban J connectivity index is 3.29. The fourth-order valence-electron chi connectivity index (χ4n) is 1.07. The van der Waals surface area contributed by atoms with Crippen molar-refractivity contribution in [3.63, 3.8) is 0 Å². The first-order valence-corrected chi connectivity index (χ1v) is 4.65. The molecular weight excluding hydrogens is 241 g/mol. The molecule has 0 aromatic heterocycles. The van der Waals surface area contributed by atoms with E-state index in [4.69, 9.17) is 11.6 Å². The minimum Gasteiger partial charge on any atom is -0.462 e. The number of halogens is 2. The van der Waals surface area contributed by atoms with E-state index < -0.39 is 28.0 Å². The number of nitro benzene ring substituents is 1. The first kappa shape index (κ1) is 12.4. The minimum atomic E-state index is -1.24. The topological polar surface area (TPSA) is 69.4 Å². The molecule has 0 fully saturated rings. The number of hydrogen-bond acceptors (Lipinski definition) is 4. The number of carbonyl (C=O) groups is 1. The molecule has 0 bridgehead atoms. The number of ether oxygens (including phenoxy) is 1. The normalized spacial score (nSPS) is 9.94. The Hall–Kier alpha value is -1.69. The summed E-state index contributed by atoms with van der Waals surface area (Å²) in [7, 11) is 0. The largest absolute Gasteiger partial charge is 0.462 e. The maximum atomic E-state index is 13.5. The van der Waals surface area contributed by atoms with E-state index in [0.717, 1.165) is 12.1 Å². The molecule has 16 heavy (non-hydrogen) atoms. The molecule has 0 amide bonds. The summed E-state index contributed by atoms with van der Waals surface area (Å²) < 4.78 is 18.0. The molecular formula is C9H7ClFNO4. The fourth-order valence-corrected chi connectivity index (χ4v) is 1.28. The summed E-state index contributed by atoms with van der Waals surface area (Å²) in [6.45, 7) is 1.58. The first-order valence-electron chi connectivity index (χ1n) is 4.28. The lowest BCUT2D eigenvalue weighted by Crippen LogP contribution is -2.09. The SMILES string of the molecule is CCOC(=O)c1cc(Cl)cc([N+](=O)[O-])c1F. The highest BCUT2D eigenvalue weighted by atomic mass is 35.5. The summed E-state index contributed by atoms with van der Waals surface area (Å²) in [6, 6.07) is 1.82. The van der Waals surface area contributed by atoms with Crippen molar-refractivity contribution in [1.82, 2.24) is 0 Å². The zero-order chi connectivity index (χ0) is 12.3. The van der Waals surface area contributed by atoms with Gasteiger partial charge in [-0.2, -0.15) is 4.39 Å². The van der Waals surface area contributed by atoms with Crippen molar-refractivity contribution in [2.24, 2.45) is 0 Å². The van der Waals surface area contributed by atoms with Gasteiger partial charge in [0.15, 0.2) is 0 Å². The second-order valence-corrected chi connectivity index (χ2v) is 3.20. The van der Waals surface area contributed by atoms with Crippen molar-refractivity contribution in [2.45, 2.75) is 6.92 Å². The summed E-state index contributed by atoms with van der Waals surface area (Å²) in [5.41, 5.74) is -1.39. The zero-order valence-electron chi connectivity index (χ0n) is 8.20. The highest BCUT2D eigenvalue weighted by Crippen LogP contribution is 2.26. The molecule has 0 radical (unpaired) electrons. The van der Waals surface area contributed by atoms with Crippen LogP contribution in [0.3, 0.4) is 0 Å². The molecule has 0 heterocycles. The van der Waals surface area contributed by atoms with Crippen LogP contribution < -0.4 is 0 Å². The molecule has 7 heteroatoms. The van der Waals surface area contributed by atoms with Crippen LogP contribution in [0, 0.1) is 15.9 Å². The monoisotopic (exact) mass is 247 g/mol. The number of carbonyl (C=O) groups excluding carboxylic acids is 1. The molecule has 0 unspecified atom stereocenters. The van der Waals surface area contributed by atoms with Gasteiger partial charge in [0.25, 0.3) is 0 Å². The molecule has 0 N–H and O–H groups in total. The standard InChI is InChI=1S/C9H7ClFNO4/c1-2-16-9(13)6-3-5(10)4-7(8(6)11)12(14)15/h3-4H,2H2,1H3. The van der Waals surface area contributed by atoms with Crippen LogP contribution >= 0.6 is 11.6 Å². The van der Waals surface area contributed by atoms with Crippen LogP contribution in [0.1, 0.15) is 17.3 Å². The van der Waals surface area contributed by atoms with E-state index in [1.807, 2.05) is 0 Å². The number of hydrogen-bond donors (Lipinski definition) is 0. The van der Waals surface area contributed by atoms with E-state index in [1.165, 1.54) is 6.92 Å². The van der Waals surface area contributed by atoms with Gasteiger partial charge in [0.2, 0.25) is 5.82 Å². The van der Waals surface area contributed by atoms with Gasteiger partial charge in [-0.15, -0.1) is 0 Å². The van der Waals surface area contributed by atoms with Gasteiger partial charge in [-0.3, -0.25) is 10.1 Å². The quantitative estimate of drug-likeness (QED) is 0.468. The summed E-state index contributed by atoms with van der Waals surface area (Å²) in [4.78, 5) is 20.8. The molecule has 0 aliphatic carbocycles. The van der Waals surface area contributed by atoms with Gasteiger partial charge in [-0.1, -0.05) is 11.6 Å². The predicted molar refractivity (Wildman–Crippen MR) is 54.0 cm³/mol. The Morgan fingerprint density at radius 3 is 2.75 bits per heavy atom. The Morgan fingerprint density at radius 1 is 1.62 bits per heavy atom. The molecule has 1 aromatic rings. The molecule has 0 atom stereocenters. The van der Waals surface area contributed by atoms with E-state index in [9.17, 15) is 19.3 Å². The van der Waals surface area contributed by atoms with Crippen LogP contribution in [-0.2, 0) is 4.74 Å². The van der Waals surface area contributed by atoms with Gasteiger partial charge in [0.05, 0.1) is 11.5 Å². The average molecular weight is 248 g/mol. The van der Waals surface area contributed by atoms with Gasteiger partial charge in [-0.05, 0) is 13.0 Å². The van der Waals surface area contributed by atoms with Gasteiger partial charge in [0, 0.05) is 11.1 Å². The molecule has 86 valence electrons. The van der Waals surface area contributed by atoms with E-state index >= 15 is 0 Å². The lowest BCUT2D eigenvalue weighted by molar-refractivity contribution is -0.387. The number of rotatable bonds is 3. The van der Waals surface area contributed by atoms with Gasteiger partial charge in [-0.25, -0.2) is 4.79 Å². The maximum Gasteiger partial charge on any atom is 0.341 e. The average Bonchev–Trinajstić information content (AvgIpc) is 2.20. The Morgan fingerprint density at radius 2 is 2.25 bits per heavy atom. The summed E-state index contributed by atoms with van der Waals surface area (Å²) in [5, 5.41) is 10.4. The Labute approximate surface area is 94.9 Å². The lowest BCUT2D eigenvalue weighted by Gasteiger charge is -2.04. The third-order valence-corrected chi connectivity index (χ3v) is 1.93. The van der Waals surface area contributed by atoms with Crippen LogP contribution in [0.5, 0.6) is 0 Å². The van der Waals surface area contributed by atoms with E-state index in [1.54, 1.807) is 0 Å². The Bertz CT molecular complexity index is 449. The van der Waals surface area contributed by atoms with E-state index in [0.29, 0.717) is 0 Å². The number of benzene rings is 1. The lowest BCUT2D eigenvalue weighted by atomic mass is 10.2. The summed E-state index contributed by atoms with van der Waals surface area (Å²) in [6.07, 6.45) is 0. The van der Waals surface area contributed by atoms with Crippen LogP contribution in [0.25, 0.3) is 0 Å². The predicted octanol–water partition coefficient (Wildman–Crippen LogP) is 2.56. The van der Waals surface area contributed by atoms with Crippen LogP contribution in [0.4, 0.5) is 10.1 Å². The second kappa shape index (κ2) is 4.89. The second-order valence-electron chi connectivity index (χ2n) is 2.76. The Kier molecular flexibility index (Phi) is 3.78. The number of nitrogens with zero attached hydrogens (tertiary/aromatic N) is 1. The number of esters is 1. The van der Waals surface area contributed by atoms with Crippen LogP contribution in [-0.4, -0.2) is 17.5 Å². The first-order chi connectivity index (χ1) is 7.47. The van der Waals surface area contributed by atoms with Crippen LogP contribution in [0.15, 0.2) is 12.1 Å². The molecule has 0 saturated heterocycles. The van der Waals surface area contributed by atoms with Crippen molar-refractivity contribution >= 4 is 23.3 Å².